The number of nitrogens with one attached hydrogen (secondary N) is 1. The highest BCUT2D eigenvalue weighted by molar-refractivity contribution is 6.41. The minimum absolute atomic E-state index is 0.168. The molecule has 104 valence electrons. The summed E-state index contributed by atoms with van der Waals surface area (Å²) in [5.74, 6) is -0.464. The molecular formula is C13H8Cl4N2O. The zero-order chi connectivity index (χ0) is 14.9. The lowest BCUT2D eigenvalue weighted by Crippen LogP contribution is -2.13. The van der Waals surface area contributed by atoms with Crippen molar-refractivity contribution in [2.45, 2.75) is 6.92 Å². The molecule has 2 aromatic rings. The van der Waals surface area contributed by atoms with E-state index in [4.69, 9.17) is 46.4 Å². The predicted molar refractivity (Wildman–Crippen MR) is 83.4 cm³/mol. The lowest BCUT2D eigenvalue weighted by molar-refractivity contribution is 0.102. The van der Waals surface area contributed by atoms with Crippen molar-refractivity contribution >= 4 is 58.0 Å². The van der Waals surface area contributed by atoms with Crippen LogP contribution in [0.25, 0.3) is 0 Å². The number of carbonyl (C=O) groups excluding carboxylic acids is 1. The van der Waals surface area contributed by atoms with E-state index in [2.05, 4.69) is 10.3 Å². The molecule has 1 aromatic carbocycles. The van der Waals surface area contributed by atoms with Crippen molar-refractivity contribution in [3.05, 3.63) is 55.7 Å². The fourth-order valence-electron chi connectivity index (χ4n) is 1.54. The van der Waals surface area contributed by atoms with Crippen LogP contribution in [0.3, 0.4) is 0 Å². The maximum absolute atomic E-state index is 12.2. The molecule has 1 heterocycles. The van der Waals surface area contributed by atoms with Crippen molar-refractivity contribution < 1.29 is 4.79 Å². The molecule has 0 aliphatic carbocycles. The van der Waals surface area contributed by atoms with Gasteiger partial charge in [-0.25, -0.2) is 4.98 Å². The average molecular weight is 350 g/mol. The number of carbonyl (C=O) groups is 1. The van der Waals surface area contributed by atoms with Gasteiger partial charge in [-0.3, -0.25) is 4.79 Å². The van der Waals surface area contributed by atoms with Gasteiger partial charge in [0.05, 0.1) is 26.3 Å². The minimum atomic E-state index is -0.464. The number of anilines is 1. The van der Waals surface area contributed by atoms with Crippen molar-refractivity contribution in [2.24, 2.45) is 0 Å². The van der Waals surface area contributed by atoms with Gasteiger partial charge < -0.3 is 5.32 Å². The van der Waals surface area contributed by atoms with Crippen molar-refractivity contribution in [2.75, 3.05) is 5.32 Å². The van der Waals surface area contributed by atoms with Crippen LogP contribution in [0.5, 0.6) is 0 Å². The Morgan fingerprint density at radius 3 is 2.55 bits per heavy atom. The Labute approximate surface area is 135 Å². The minimum Gasteiger partial charge on any atom is -0.319 e. The number of benzene rings is 1. The van der Waals surface area contributed by atoms with Gasteiger partial charge in [0.25, 0.3) is 5.91 Å². The number of aromatic nitrogens is 1. The number of amides is 1. The number of nitrogens with zero attached hydrogens (tertiary/aromatic N) is 1. The van der Waals surface area contributed by atoms with Gasteiger partial charge >= 0.3 is 0 Å². The summed E-state index contributed by atoms with van der Waals surface area (Å²) in [6.07, 6.45) is 1.30. The molecule has 1 N–H and O–H groups in total. The first-order chi connectivity index (χ1) is 9.40. The molecule has 1 aromatic heterocycles. The van der Waals surface area contributed by atoms with Gasteiger partial charge in [0.1, 0.15) is 5.15 Å². The molecule has 0 bridgehead atoms. The molecule has 0 aliphatic rings. The summed E-state index contributed by atoms with van der Waals surface area (Å²) in [5, 5.41) is 3.70. The molecular weight excluding hydrogens is 342 g/mol. The summed E-state index contributed by atoms with van der Waals surface area (Å²) in [6.45, 7) is 1.81. The zero-order valence-corrected chi connectivity index (χ0v) is 13.2. The van der Waals surface area contributed by atoms with E-state index in [9.17, 15) is 4.79 Å². The zero-order valence-electron chi connectivity index (χ0n) is 10.2. The van der Waals surface area contributed by atoms with Crippen LogP contribution in [-0.2, 0) is 0 Å². The Balaban J connectivity index is 2.38. The predicted octanol–water partition coefficient (Wildman–Crippen LogP) is 5.26. The highest BCUT2D eigenvalue weighted by atomic mass is 35.5. The van der Waals surface area contributed by atoms with Crippen molar-refractivity contribution in [1.29, 1.82) is 0 Å². The SMILES string of the molecule is Cc1ccc(Cl)c(NC(=O)c2cc(Cl)ncc2Cl)c1Cl. The Morgan fingerprint density at radius 1 is 1.15 bits per heavy atom. The second-order valence-corrected chi connectivity index (χ2v) is 5.57. The van der Waals surface area contributed by atoms with Crippen molar-refractivity contribution in [3.8, 4) is 0 Å². The van der Waals surface area contributed by atoms with Gasteiger partial charge in [0.2, 0.25) is 0 Å². The van der Waals surface area contributed by atoms with Crippen LogP contribution in [-0.4, -0.2) is 10.9 Å². The number of halogens is 4. The summed E-state index contributed by atoms with van der Waals surface area (Å²) in [5.41, 5.74) is 1.33. The molecule has 0 spiro atoms. The third kappa shape index (κ3) is 3.18. The monoisotopic (exact) mass is 348 g/mol. The molecule has 1 amide bonds. The Morgan fingerprint density at radius 2 is 1.85 bits per heavy atom. The molecule has 2 rings (SSSR count). The summed E-state index contributed by atoms with van der Waals surface area (Å²) in [6, 6.07) is 4.78. The van der Waals surface area contributed by atoms with Crippen LogP contribution >= 0.6 is 46.4 Å². The second-order valence-electron chi connectivity index (χ2n) is 3.99. The first kappa shape index (κ1) is 15.4. The maximum Gasteiger partial charge on any atom is 0.257 e. The van der Waals surface area contributed by atoms with Gasteiger partial charge in [0.15, 0.2) is 0 Å². The molecule has 0 atom stereocenters. The van der Waals surface area contributed by atoms with E-state index in [1.54, 1.807) is 12.1 Å². The Kier molecular flexibility index (Phi) is 4.76. The molecule has 20 heavy (non-hydrogen) atoms. The molecule has 0 radical (unpaired) electrons. The van der Waals surface area contributed by atoms with E-state index in [-0.39, 0.29) is 15.7 Å². The van der Waals surface area contributed by atoms with Crippen LogP contribution in [0.4, 0.5) is 5.69 Å². The quantitative estimate of drug-likeness (QED) is 0.751. The van der Waals surface area contributed by atoms with E-state index >= 15 is 0 Å². The lowest BCUT2D eigenvalue weighted by atomic mass is 10.2. The molecule has 0 unspecified atom stereocenters. The van der Waals surface area contributed by atoms with E-state index in [1.807, 2.05) is 6.92 Å². The summed E-state index contributed by atoms with van der Waals surface area (Å²) in [7, 11) is 0. The largest absolute Gasteiger partial charge is 0.319 e. The van der Waals surface area contributed by atoms with Crippen LogP contribution in [0, 0.1) is 6.92 Å². The molecule has 0 fully saturated rings. The molecule has 7 heteroatoms. The summed E-state index contributed by atoms with van der Waals surface area (Å²) >= 11 is 23.8. The summed E-state index contributed by atoms with van der Waals surface area (Å²) < 4.78 is 0. The average Bonchev–Trinajstić information content (AvgIpc) is 2.41. The highest BCUT2D eigenvalue weighted by Crippen LogP contribution is 2.33. The standard InChI is InChI=1S/C13H8Cl4N2O/c1-6-2-3-8(14)12(11(6)17)19-13(20)7-4-10(16)18-5-9(7)15/h2-5H,1H3,(H,19,20). The highest BCUT2D eigenvalue weighted by Gasteiger charge is 2.16. The third-order valence-electron chi connectivity index (χ3n) is 2.59. The Bertz CT molecular complexity index is 688. The van der Waals surface area contributed by atoms with Gasteiger partial charge in [-0.2, -0.15) is 0 Å². The van der Waals surface area contributed by atoms with Gasteiger partial charge in [-0.1, -0.05) is 52.5 Å². The topological polar surface area (TPSA) is 42.0 Å². The number of rotatable bonds is 2. The van der Waals surface area contributed by atoms with Crippen molar-refractivity contribution in [1.82, 2.24) is 4.98 Å². The van der Waals surface area contributed by atoms with Crippen molar-refractivity contribution in [3.63, 3.8) is 0 Å². The van der Waals surface area contributed by atoms with E-state index in [0.29, 0.717) is 15.7 Å². The smallest absolute Gasteiger partial charge is 0.257 e. The van der Waals surface area contributed by atoms with Crippen LogP contribution in [0.1, 0.15) is 15.9 Å². The first-order valence-corrected chi connectivity index (χ1v) is 6.98. The molecule has 0 aliphatic heterocycles. The second kappa shape index (κ2) is 6.19. The maximum atomic E-state index is 12.2. The number of aryl methyl sites for hydroxylation is 1. The number of hydrogen-bond donors (Lipinski definition) is 1. The summed E-state index contributed by atoms with van der Waals surface area (Å²) in [4.78, 5) is 16.0. The van der Waals surface area contributed by atoms with E-state index in [1.165, 1.54) is 12.3 Å². The number of pyridine rings is 1. The van der Waals surface area contributed by atoms with E-state index in [0.717, 1.165) is 5.56 Å². The molecule has 3 nitrogen and oxygen atoms in total. The van der Waals surface area contributed by atoms with E-state index < -0.39 is 5.91 Å². The fourth-order valence-corrected chi connectivity index (χ4v) is 2.35. The lowest BCUT2D eigenvalue weighted by Gasteiger charge is -2.11. The van der Waals surface area contributed by atoms with Crippen LogP contribution < -0.4 is 5.32 Å². The molecule has 0 saturated heterocycles. The fraction of sp³-hybridized carbons (Fsp3) is 0.0769. The number of hydrogen-bond acceptors (Lipinski definition) is 2. The van der Waals surface area contributed by atoms with Gasteiger partial charge in [0, 0.05) is 6.20 Å². The molecule has 0 saturated carbocycles. The van der Waals surface area contributed by atoms with Gasteiger partial charge in [-0.15, -0.1) is 0 Å². The van der Waals surface area contributed by atoms with Gasteiger partial charge in [-0.05, 0) is 24.6 Å². The third-order valence-corrected chi connectivity index (χ3v) is 3.90. The normalized spacial score (nSPS) is 10.4. The van der Waals surface area contributed by atoms with Crippen LogP contribution in [0.15, 0.2) is 24.4 Å². The first-order valence-electron chi connectivity index (χ1n) is 5.47. The Hall–Kier alpha value is -1.000. The van der Waals surface area contributed by atoms with Crippen LogP contribution in [0.2, 0.25) is 20.2 Å².